The molecule has 134 valence electrons. The van der Waals surface area contributed by atoms with Crippen LogP contribution in [-0.2, 0) is 13.1 Å². The van der Waals surface area contributed by atoms with Gasteiger partial charge in [0.15, 0.2) is 0 Å². The predicted octanol–water partition coefficient (Wildman–Crippen LogP) is 4.18. The van der Waals surface area contributed by atoms with Crippen LogP contribution >= 0.6 is 22.6 Å². The molecule has 1 saturated carbocycles. The summed E-state index contributed by atoms with van der Waals surface area (Å²) in [5.74, 6) is 1.86. The van der Waals surface area contributed by atoms with Gasteiger partial charge in [0, 0.05) is 43.8 Å². The van der Waals surface area contributed by atoms with E-state index in [0.29, 0.717) is 4.05 Å². The number of aromatic nitrogens is 2. The van der Waals surface area contributed by atoms with Crippen molar-refractivity contribution in [2.24, 2.45) is 11.8 Å². The van der Waals surface area contributed by atoms with Crippen molar-refractivity contribution in [2.45, 2.75) is 50.2 Å². The molecule has 2 aromatic rings. The molecular weight excluding hydrogens is 423 g/mol. The summed E-state index contributed by atoms with van der Waals surface area (Å²) in [6.45, 7) is 10.3. The van der Waals surface area contributed by atoms with Crippen molar-refractivity contribution in [2.75, 3.05) is 24.5 Å². The standard InChI is InChI=1S/C20H27IN4/c1-13-18-8-17(24-10-15-4-3-5-16(15)11-24)9-22-20(18)25-7-6-23(14(2)21)12-19(13)25/h8-9,14-16H,3-7,10-12H2,1-2H3. The number of nitrogens with zero attached hydrogens (tertiary/aromatic N) is 4. The molecule has 5 heteroatoms. The first-order valence-corrected chi connectivity index (χ1v) is 11.0. The van der Waals surface area contributed by atoms with Gasteiger partial charge in [0.05, 0.1) is 15.9 Å². The van der Waals surface area contributed by atoms with Gasteiger partial charge in [0.25, 0.3) is 0 Å². The molecule has 0 N–H and O–H groups in total. The molecule has 4 heterocycles. The van der Waals surface area contributed by atoms with Gasteiger partial charge in [-0.1, -0.05) is 29.0 Å². The lowest BCUT2D eigenvalue weighted by Crippen LogP contribution is -2.37. The second-order valence-electron chi connectivity index (χ2n) is 8.19. The summed E-state index contributed by atoms with van der Waals surface area (Å²) in [6, 6.07) is 2.42. The number of aryl methyl sites for hydroxylation is 1. The summed E-state index contributed by atoms with van der Waals surface area (Å²) in [7, 11) is 0. The van der Waals surface area contributed by atoms with E-state index in [9.17, 15) is 0 Å². The van der Waals surface area contributed by atoms with Crippen LogP contribution in [0, 0.1) is 18.8 Å². The van der Waals surface area contributed by atoms with E-state index in [1.807, 2.05) is 0 Å². The molecule has 0 aromatic carbocycles. The second-order valence-corrected chi connectivity index (χ2v) is 9.99. The van der Waals surface area contributed by atoms with Crippen LogP contribution in [0.1, 0.15) is 37.4 Å². The topological polar surface area (TPSA) is 24.3 Å². The molecule has 0 radical (unpaired) electrons. The Labute approximate surface area is 163 Å². The first kappa shape index (κ1) is 16.4. The fourth-order valence-corrected chi connectivity index (χ4v) is 5.77. The highest BCUT2D eigenvalue weighted by Crippen LogP contribution is 2.40. The minimum absolute atomic E-state index is 0.580. The third-order valence-electron chi connectivity index (χ3n) is 6.83. The van der Waals surface area contributed by atoms with Gasteiger partial charge in [0.2, 0.25) is 0 Å². The van der Waals surface area contributed by atoms with Crippen LogP contribution in [0.2, 0.25) is 0 Å². The van der Waals surface area contributed by atoms with Crippen LogP contribution in [0.15, 0.2) is 12.3 Å². The van der Waals surface area contributed by atoms with Crippen LogP contribution < -0.4 is 4.90 Å². The molecule has 0 bridgehead atoms. The summed E-state index contributed by atoms with van der Waals surface area (Å²) in [4.78, 5) is 10.1. The molecular formula is C20H27IN4. The Morgan fingerprint density at radius 3 is 2.68 bits per heavy atom. The summed E-state index contributed by atoms with van der Waals surface area (Å²) in [5, 5.41) is 1.37. The third kappa shape index (κ3) is 2.60. The van der Waals surface area contributed by atoms with Crippen molar-refractivity contribution < 1.29 is 0 Å². The molecule has 3 aliphatic rings. The van der Waals surface area contributed by atoms with Gasteiger partial charge >= 0.3 is 0 Å². The zero-order valence-electron chi connectivity index (χ0n) is 15.2. The fourth-order valence-electron chi connectivity index (χ4n) is 5.29. The maximum atomic E-state index is 4.92. The molecule has 2 aliphatic heterocycles. The van der Waals surface area contributed by atoms with Gasteiger partial charge in [0.1, 0.15) is 5.65 Å². The van der Waals surface area contributed by atoms with E-state index < -0.39 is 0 Å². The Balaban J connectivity index is 1.50. The smallest absolute Gasteiger partial charge is 0.140 e. The zero-order valence-corrected chi connectivity index (χ0v) is 17.4. The van der Waals surface area contributed by atoms with E-state index in [1.54, 1.807) is 0 Å². The monoisotopic (exact) mass is 450 g/mol. The Kier molecular flexibility index (Phi) is 4.00. The molecule has 1 saturated heterocycles. The number of rotatable bonds is 2. The number of anilines is 1. The number of fused-ring (bicyclic) bond motifs is 4. The lowest BCUT2D eigenvalue weighted by Gasteiger charge is -2.31. The van der Waals surface area contributed by atoms with E-state index in [0.717, 1.165) is 31.5 Å². The van der Waals surface area contributed by atoms with E-state index in [2.05, 4.69) is 63.1 Å². The van der Waals surface area contributed by atoms with Crippen LogP contribution in [-0.4, -0.2) is 38.1 Å². The SMILES string of the molecule is Cc1c2n(c3ncc(N4CC5CCCC5C4)cc13)CCN(C(C)I)C2. The van der Waals surface area contributed by atoms with Crippen LogP contribution in [0.5, 0.6) is 0 Å². The highest BCUT2D eigenvalue weighted by atomic mass is 127. The number of hydrogen-bond acceptors (Lipinski definition) is 3. The minimum Gasteiger partial charge on any atom is -0.370 e. The zero-order chi connectivity index (χ0) is 17.1. The average Bonchev–Trinajstić information content (AvgIpc) is 3.28. The average molecular weight is 450 g/mol. The molecule has 2 aromatic heterocycles. The molecule has 2 fully saturated rings. The van der Waals surface area contributed by atoms with Crippen LogP contribution in [0.3, 0.4) is 0 Å². The summed E-state index contributed by atoms with van der Waals surface area (Å²) >= 11 is 2.53. The molecule has 1 aliphatic carbocycles. The van der Waals surface area contributed by atoms with Gasteiger partial charge in [-0.25, -0.2) is 4.98 Å². The predicted molar refractivity (Wildman–Crippen MR) is 111 cm³/mol. The fraction of sp³-hybridized carbons (Fsp3) is 0.650. The third-order valence-corrected chi connectivity index (χ3v) is 7.62. The molecule has 4 nitrogen and oxygen atoms in total. The van der Waals surface area contributed by atoms with Crippen molar-refractivity contribution in [1.82, 2.24) is 14.5 Å². The molecule has 3 unspecified atom stereocenters. The Morgan fingerprint density at radius 2 is 1.96 bits per heavy atom. The molecule has 0 spiro atoms. The first-order chi connectivity index (χ1) is 12.1. The van der Waals surface area contributed by atoms with Gasteiger partial charge in [-0.3, -0.25) is 4.90 Å². The van der Waals surface area contributed by atoms with E-state index in [-0.39, 0.29) is 0 Å². The number of halogens is 1. The Morgan fingerprint density at radius 1 is 1.20 bits per heavy atom. The number of alkyl halides is 1. The number of hydrogen-bond donors (Lipinski definition) is 0. The highest BCUT2D eigenvalue weighted by Gasteiger charge is 2.36. The highest BCUT2D eigenvalue weighted by molar-refractivity contribution is 14.1. The van der Waals surface area contributed by atoms with Gasteiger partial charge in [-0.05, 0) is 50.2 Å². The lowest BCUT2D eigenvalue weighted by molar-refractivity contribution is 0.224. The summed E-state index contributed by atoms with van der Waals surface area (Å²) < 4.78 is 3.04. The molecule has 0 amide bonds. The van der Waals surface area contributed by atoms with Crippen molar-refractivity contribution in [3.05, 3.63) is 23.5 Å². The Bertz CT molecular complexity index is 800. The summed E-state index contributed by atoms with van der Waals surface area (Å²) in [6.07, 6.45) is 6.43. The maximum absolute atomic E-state index is 4.92. The Hall–Kier alpha value is -0.820. The van der Waals surface area contributed by atoms with Crippen molar-refractivity contribution in [3.63, 3.8) is 0 Å². The van der Waals surface area contributed by atoms with E-state index in [1.165, 1.54) is 60.3 Å². The van der Waals surface area contributed by atoms with Gasteiger partial charge in [-0.2, -0.15) is 0 Å². The molecule has 3 atom stereocenters. The van der Waals surface area contributed by atoms with Gasteiger partial charge in [-0.15, -0.1) is 0 Å². The number of pyridine rings is 1. The van der Waals surface area contributed by atoms with Crippen LogP contribution in [0.4, 0.5) is 5.69 Å². The lowest BCUT2D eigenvalue weighted by atomic mass is 10.0. The largest absolute Gasteiger partial charge is 0.370 e. The quantitative estimate of drug-likeness (QED) is 0.390. The normalized spacial score (nSPS) is 27.7. The van der Waals surface area contributed by atoms with Crippen molar-refractivity contribution >= 4 is 39.3 Å². The minimum atomic E-state index is 0.580. The van der Waals surface area contributed by atoms with Gasteiger partial charge < -0.3 is 9.47 Å². The maximum Gasteiger partial charge on any atom is 0.140 e. The van der Waals surface area contributed by atoms with Crippen LogP contribution in [0.25, 0.3) is 11.0 Å². The molecule has 25 heavy (non-hydrogen) atoms. The first-order valence-electron chi connectivity index (χ1n) is 9.72. The van der Waals surface area contributed by atoms with Crippen molar-refractivity contribution in [1.29, 1.82) is 0 Å². The second kappa shape index (κ2) is 6.12. The summed E-state index contributed by atoms with van der Waals surface area (Å²) in [5.41, 5.74) is 5.43. The van der Waals surface area contributed by atoms with Crippen molar-refractivity contribution in [3.8, 4) is 0 Å². The molecule has 5 rings (SSSR count). The van der Waals surface area contributed by atoms with E-state index >= 15 is 0 Å². The van der Waals surface area contributed by atoms with E-state index in [4.69, 9.17) is 4.98 Å².